The molecule has 0 spiro atoms. The molecule has 28 heavy (non-hydrogen) atoms. The second-order valence-corrected chi connectivity index (χ2v) is 7.20. The van der Waals surface area contributed by atoms with Gasteiger partial charge in [0.05, 0.1) is 15.6 Å². The van der Waals surface area contributed by atoms with E-state index in [0.29, 0.717) is 31.9 Å². The zero-order chi connectivity index (χ0) is 20.4. The summed E-state index contributed by atoms with van der Waals surface area (Å²) in [4.78, 5) is 23.8. The molecule has 0 aliphatic rings. The first-order valence-corrected chi connectivity index (χ1v) is 9.28. The number of hydrazine groups is 2. The Morgan fingerprint density at radius 2 is 1.96 bits per heavy atom. The first-order chi connectivity index (χ1) is 13.4. The molecule has 0 aliphatic heterocycles. The molecule has 2 aromatic carbocycles. The number of nitrogens with one attached hydrogen (secondary N) is 2. The van der Waals surface area contributed by atoms with Gasteiger partial charge in [-0.1, -0.05) is 17.7 Å². The van der Waals surface area contributed by atoms with Gasteiger partial charge < -0.3 is 9.30 Å². The Labute approximate surface area is 173 Å². The minimum Gasteiger partial charge on any atom is -0.483 e. The minimum absolute atomic E-state index is 0.271. The number of fused-ring (bicyclic) bond motifs is 1. The number of nitrogens with zero attached hydrogens (tertiary/aromatic N) is 1. The van der Waals surface area contributed by atoms with Crippen LogP contribution in [0.3, 0.4) is 0 Å². The van der Waals surface area contributed by atoms with E-state index in [1.165, 1.54) is 0 Å². The number of aromatic nitrogens is 1. The number of amides is 2. The Hall–Kier alpha value is -2.59. The van der Waals surface area contributed by atoms with Gasteiger partial charge in [0.1, 0.15) is 5.75 Å². The summed E-state index contributed by atoms with van der Waals surface area (Å²) in [5, 5.41) is 1.17. The van der Waals surface area contributed by atoms with E-state index in [4.69, 9.17) is 28.0 Å². The summed E-state index contributed by atoms with van der Waals surface area (Å²) in [6.07, 6.45) is 0. The van der Waals surface area contributed by atoms with Gasteiger partial charge in [-0.25, -0.2) is 11.7 Å². The summed E-state index contributed by atoms with van der Waals surface area (Å²) in [6, 6.07) is 10.7. The third-order valence-electron chi connectivity index (χ3n) is 4.20. The molecule has 0 unspecified atom stereocenters. The maximum Gasteiger partial charge on any atom is 0.271 e. The van der Waals surface area contributed by atoms with Crippen LogP contribution in [0, 0.1) is 6.92 Å². The fourth-order valence-electron chi connectivity index (χ4n) is 3.02. The zero-order valence-electron chi connectivity index (χ0n) is 14.8. The second-order valence-electron chi connectivity index (χ2n) is 5.91. The van der Waals surface area contributed by atoms with Crippen molar-refractivity contribution in [2.75, 3.05) is 6.61 Å². The number of nitrogen functional groups attached to an aromatic ring is 1. The fraction of sp³-hybridized carbons (Fsp3) is 0.111. The normalized spacial score (nSPS) is 10.8. The number of carbonyl (C=O) groups excluding carboxylic acids is 2. The van der Waals surface area contributed by atoms with Crippen LogP contribution in [0.5, 0.6) is 5.75 Å². The van der Waals surface area contributed by atoms with Crippen molar-refractivity contribution in [2.45, 2.75) is 6.92 Å². The maximum atomic E-state index is 12.5. The van der Waals surface area contributed by atoms with E-state index < -0.39 is 11.8 Å². The van der Waals surface area contributed by atoms with Crippen LogP contribution in [0.15, 0.2) is 40.9 Å². The molecule has 0 atom stereocenters. The number of rotatable bonds is 5. The number of carbonyl (C=O) groups is 2. The SMILES string of the molecule is Cc1c(C(=O)NN)c2cc(OCC(=O)NN)c(Br)cc2n1-c1cccc(Cl)c1. The molecular formula is C18H17BrClN5O3. The van der Waals surface area contributed by atoms with E-state index in [2.05, 4.69) is 21.4 Å². The molecule has 0 fully saturated rings. The number of hydrogen-bond donors (Lipinski definition) is 4. The van der Waals surface area contributed by atoms with E-state index >= 15 is 0 Å². The molecule has 3 rings (SSSR count). The highest BCUT2D eigenvalue weighted by atomic mass is 79.9. The van der Waals surface area contributed by atoms with Crippen LogP contribution in [0.2, 0.25) is 5.02 Å². The van der Waals surface area contributed by atoms with Gasteiger partial charge in [0.2, 0.25) is 0 Å². The van der Waals surface area contributed by atoms with Crippen molar-refractivity contribution >= 4 is 50.2 Å². The van der Waals surface area contributed by atoms with Crippen molar-refractivity contribution in [3.05, 3.63) is 57.2 Å². The smallest absolute Gasteiger partial charge is 0.271 e. The van der Waals surface area contributed by atoms with E-state index in [0.717, 1.165) is 11.2 Å². The topological polar surface area (TPSA) is 124 Å². The van der Waals surface area contributed by atoms with Gasteiger partial charge in [-0.2, -0.15) is 0 Å². The lowest BCUT2D eigenvalue weighted by Crippen LogP contribution is -2.34. The highest BCUT2D eigenvalue weighted by Gasteiger charge is 2.22. The lowest BCUT2D eigenvalue weighted by Gasteiger charge is -2.11. The van der Waals surface area contributed by atoms with Crippen LogP contribution in [0.25, 0.3) is 16.6 Å². The van der Waals surface area contributed by atoms with Gasteiger partial charge in [-0.05, 0) is 53.2 Å². The summed E-state index contributed by atoms with van der Waals surface area (Å²) in [5.41, 5.74) is 6.75. The molecule has 146 valence electrons. The van der Waals surface area contributed by atoms with Crippen molar-refractivity contribution in [1.29, 1.82) is 0 Å². The Bertz CT molecular complexity index is 1080. The Kier molecular flexibility index (Phi) is 5.90. The summed E-state index contributed by atoms with van der Waals surface area (Å²) in [7, 11) is 0. The van der Waals surface area contributed by atoms with Crippen LogP contribution in [0.4, 0.5) is 0 Å². The molecule has 8 nitrogen and oxygen atoms in total. The Balaban J connectivity index is 2.25. The van der Waals surface area contributed by atoms with E-state index in [1.807, 2.05) is 29.0 Å². The number of benzene rings is 2. The summed E-state index contributed by atoms with van der Waals surface area (Å²) in [5.74, 6) is 9.90. The van der Waals surface area contributed by atoms with Gasteiger partial charge in [-0.15, -0.1) is 0 Å². The van der Waals surface area contributed by atoms with Gasteiger partial charge in [0.15, 0.2) is 6.61 Å². The number of halogens is 2. The van der Waals surface area contributed by atoms with E-state index in [9.17, 15) is 9.59 Å². The molecule has 2 amide bonds. The van der Waals surface area contributed by atoms with Gasteiger partial charge >= 0.3 is 0 Å². The van der Waals surface area contributed by atoms with Crippen LogP contribution in [0.1, 0.15) is 16.1 Å². The lowest BCUT2D eigenvalue weighted by molar-refractivity contribution is -0.123. The van der Waals surface area contributed by atoms with Crippen LogP contribution in [-0.2, 0) is 4.79 Å². The second kappa shape index (κ2) is 8.19. The molecule has 0 aliphatic carbocycles. The largest absolute Gasteiger partial charge is 0.483 e. The molecule has 0 bridgehead atoms. The van der Waals surface area contributed by atoms with Crippen LogP contribution >= 0.6 is 27.5 Å². The molecule has 3 aromatic rings. The Morgan fingerprint density at radius 3 is 2.61 bits per heavy atom. The number of nitrogens with two attached hydrogens (primary N) is 2. The third kappa shape index (κ3) is 3.69. The molecule has 0 saturated heterocycles. The molecule has 6 N–H and O–H groups in total. The van der Waals surface area contributed by atoms with E-state index in [-0.39, 0.29) is 6.61 Å². The molecular weight excluding hydrogens is 450 g/mol. The van der Waals surface area contributed by atoms with Crippen molar-refractivity contribution in [1.82, 2.24) is 15.4 Å². The zero-order valence-corrected chi connectivity index (χ0v) is 17.1. The molecule has 10 heteroatoms. The van der Waals surface area contributed by atoms with E-state index in [1.54, 1.807) is 24.3 Å². The van der Waals surface area contributed by atoms with Crippen LogP contribution in [-0.4, -0.2) is 23.0 Å². The average Bonchev–Trinajstić information content (AvgIpc) is 2.95. The number of hydrogen-bond acceptors (Lipinski definition) is 5. The first kappa shape index (κ1) is 20.2. The van der Waals surface area contributed by atoms with Gasteiger partial charge in [0, 0.05) is 21.8 Å². The fourth-order valence-corrected chi connectivity index (χ4v) is 3.65. The lowest BCUT2D eigenvalue weighted by atomic mass is 10.1. The quantitative estimate of drug-likeness (QED) is 0.261. The average molecular weight is 467 g/mol. The van der Waals surface area contributed by atoms with Gasteiger partial charge in [-0.3, -0.25) is 20.4 Å². The van der Waals surface area contributed by atoms with Crippen molar-refractivity contribution < 1.29 is 14.3 Å². The maximum absolute atomic E-state index is 12.5. The molecule has 1 aromatic heterocycles. The predicted octanol–water partition coefficient (Wildman–Crippen LogP) is 2.33. The van der Waals surface area contributed by atoms with Crippen LogP contribution < -0.4 is 27.3 Å². The van der Waals surface area contributed by atoms with Crippen molar-refractivity contribution in [2.24, 2.45) is 11.7 Å². The van der Waals surface area contributed by atoms with Crippen molar-refractivity contribution in [3.63, 3.8) is 0 Å². The molecule has 1 heterocycles. The standard InChI is InChI=1S/C18H17BrClN5O3/c1-9-17(18(27)24-22)12-6-15(28-8-16(26)23-21)13(19)7-14(12)25(9)11-4-2-3-10(20)5-11/h2-7H,8,21-22H2,1H3,(H,23,26)(H,24,27). The highest BCUT2D eigenvalue weighted by Crippen LogP contribution is 2.37. The summed E-state index contributed by atoms with van der Waals surface area (Å²) >= 11 is 9.59. The highest BCUT2D eigenvalue weighted by molar-refractivity contribution is 9.10. The summed E-state index contributed by atoms with van der Waals surface area (Å²) < 4.78 is 8.01. The van der Waals surface area contributed by atoms with Crippen molar-refractivity contribution in [3.8, 4) is 11.4 Å². The molecule has 0 radical (unpaired) electrons. The minimum atomic E-state index is -0.486. The monoisotopic (exact) mass is 465 g/mol. The third-order valence-corrected chi connectivity index (χ3v) is 5.06. The summed E-state index contributed by atoms with van der Waals surface area (Å²) in [6.45, 7) is 1.54. The van der Waals surface area contributed by atoms with Gasteiger partial charge in [0.25, 0.3) is 11.8 Å². The Morgan fingerprint density at radius 1 is 1.21 bits per heavy atom. The first-order valence-electron chi connectivity index (χ1n) is 8.11. The number of ether oxygens (including phenoxy) is 1. The molecule has 0 saturated carbocycles. The predicted molar refractivity (Wildman–Crippen MR) is 110 cm³/mol.